The number of fused-ring (bicyclic) bond motifs is 5. The minimum absolute atomic E-state index is 0.0872. The van der Waals surface area contributed by atoms with Crippen molar-refractivity contribution in [2.75, 3.05) is 0 Å². The number of ether oxygens (including phenoxy) is 1. The van der Waals surface area contributed by atoms with Crippen molar-refractivity contribution in [3.05, 3.63) is 23.8 Å². The zero-order chi connectivity index (χ0) is 16.2. The van der Waals surface area contributed by atoms with E-state index in [0.29, 0.717) is 30.1 Å². The lowest BCUT2D eigenvalue weighted by Crippen LogP contribution is -2.47. The molecular weight excluding hydrogens is 288 g/mol. The molecule has 0 spiro atoms. The van der Waals surface area contributed by atoms with Gasteiger partial charge in [0.05, 0.1) is 0 Å². The lowest BCUT2D eigenvalue weighted by atomic mass is 9.54. The van der Waals surface area contributed by atoms with Crippen molar-refractivity contribution >= 4 is 11.8 Å². The monoisotopic (exact) mass is 314 g/mol. The summed E-state index contributed by atoms with van der Waals surface area (Å²) in [6, 6.07) is 0. The highest BCUT2D eigenvalue weighted by atomic mass is 16.5. The van der Waals surface area contributed by atoms with Gasteiger partial charge >= 0.3 is 5.97 Å². The second-order valence-electron chi connectivity index (χ2n) is 8.18. The summed E-state index contributed by atoms with van der Waals surface area (Å²) in [4.78, 5) is 23.1. The maximum Gasteiger partial charge on any atom is 0.302 e. The summed E-state index contributed by atoms with van der Waals surface area (Å²) >= 11 is 0. The first kappa shape index (κ1) is 15.2. The van der Waals surface area contributed by atoms with E-state index >= 15 is 0 Å². The number of rotatable bonds is 1. The van der Waals surface area contributed by atoms with Gasteiger partial charge in [0.1, 0.15) is 6.10 Å². The Morgan fingerprint density at radius 1 is 1.26 bits per heavy atom. The summed E-state index contributed by atoms with van der Waals surface area (Å²) in [7, 11) is 0. The Bertz CT molecular complexity index is 602. The van der Waals surface area contributed by atoms with Crippen LogP contribution in [0, 0.1) is 29.1 Å². The van der Waals surface area contributed by atoms with Crippen molar-refractivity contribution in [1.82, 2.24) is 0 Å². The van der Waals surface area contributed by atoms with Gasteiger partial charge in [-0.05, 0) is 67.4 Å². The lowest BCUT2D eigenvalue weighted by Gasteiger charge is -2.51. The molecule has 0 heterocycles. The molecule has 2 saturated carbocycles. The zero-order valence-corrected chi connectivity index (χ0v) is 14.1. The summed E-state index contributed by atoms with van der Waals surface area (Å²) in [6.45, 7) is 3.86. The van der Waals surface area contributed by atoms with Crippen LogP contribution in [0.25, 0.3) is 0 Å². The number of hydrogen-bond acceptors (Lipinski definition) is 3. The molecule has 4 aliphatic rings. The Balaban J connectivity index is 1.62. The van der Waals surface area contributed by atoms with E-state index in [2.05, 4.69) is 19.1 Å². The second-order valence-corrected chi connectivity index (χ2v) is 8.18. The molecule has 0 N–H and O–H groups in total. The minimum Gasteiger partial charge on any atom is -0.462 e. The normalized spacial score (nSPS) is 44.9. The van der Waals surface area contributed by atoms with Crippen LogP contribution in [0.4, 0.5) is 0 Å². The van der Waals surface area contributed by atoms with Gasteiger partial charge in [-0.2, -0.15) is 0 Å². The van der Waals surface area contributed by atoms with Crippen LogP contribution in [0.5, 0.6) is 0 Å². The molecule has 0 amide bonds. The Labute approximate surface area is 138 Å². The summed E-state index contributed by atoms with van der Waals surface area (Å²) in [5.41, 5.74) is 1.39. The van der Waals surface area contributed by atoms with Crippen LogP contribution in [0.15, 0.2) is 23.8 Å². The third-order valence-electron chi connectivity index (χ3n) is 7.09. The van der Waals surface area contributed by atoms with Crippen molar-refractivity contribution in [3.63, 3.8) is 0 Å². The van der Waals surface area contributed by atoms with Crippen LogP contribution in [0.2, 0.25) is 0 Å². The standard InChI is InChI=1S/C20H26O3/c1-12(21)23-19-8-7-18-17-5-3-13-11-14(22)4-6-15(13)16(17)9-10-20(18,19)2/h3,5,11,15-19H,4,6-10H2,1-2H3/t15-,16?,17?,18?,19-,20-/m0/s1. The van der Waals surface area contributed by atoms with Gasteiger partial charge in [-0.1, -0.05) is 19.1 Å². The van der Waals surface area contributed by atoms with Crippen molar-refractivity contribution in [3.8, 4) is 0 Å². The molecule has 124 valence electrons. The first-order valence-electron chi connectivity index (χ1n) is 9.09. The van der Waals surface area contributed by atoms with Crippen LogP contribution in [0.3, 0.4) is 0 Å². The van der Waals surface area contributed by atoms with Gasteiger partial charge in [0, 0.05) is 18.8 Å². The van der Waals surface area contributed by atoms with Crippen LogP contribution >= 0.6 is 0 Å². The number of carbonyl (C=O) groups is 2. The maximum atomic E-state index is 11.7. The van der Waals surface area contributed by atoms with Crippen molar-refractivity contribution in [2.24, 2.45) is 29.1 Å². The number of allylic oxidation sites excluding steroid dienone is 4. The highest BCUT2D eigenvalue weighted by Crippen LogP contribution is 2.60. The number of ketones is 1. The van der Waals surface area contributed by atoms with Gasteiger partial charge in [0.15, 0.2) is 5.78 Å². The number of hydrogen-bond donors (Lipinski definition) is 0. The van der Waals surface area contributed by atoms with Crippen molar-refractivity contribution in [1.29, 1.82) is 0 Å². The van der Waals surface area contributed by atoms with Crippen LogP contribution in [0.1, 0.15) is 52.4 Å². The molecule has 6 atom stereocenters. The highest BCUT2D eigenvalue weighted by Gasteiger charge is 2.56. The molecular formula is C20H26O3. The molecule has 0 bridgehead atoms. The first-order chi connectivity index (χ1) is 11.0. The second kappa shape index (κ2) is 5.32. The van der Waals surface area contributed by atoms with E-state index < -0.39 is 0 Å². The van der Waals surface area contributed by atoms with Gasteiger partial charge in [0.25, 0.3) is 0 Å². The molecule has 0 radical (unpaired) electrons. The molecule has 3 unspecified atom stereocenters. The van der Waals surface area contributed by atoms with E-state index in [-0.39, 0.29) is 23.3 Å². The SMILES string of the molecule is CC(=O)O[C@H]1CCC2C3C=CC4=CC(=O)CC[C@@H]4C3CC[C@@]21C. The quantitative estimate of drug-likeness (QED) is 0.691. The van der Waals surface area contributed by atoms with E-state index in [4.69, 9.17) is 4.74 Å². The summed E-state index contributed by atoms with van der Waals surface area (Å²) in [5, 5.41) is 0. The predicted octanol–water partition coefficient (Wildman–Crippen LogP) is 3.84. The number of esters is 1. The average Bonchev–Trinajstić information content (AvgIpc) is 2.83. The highest BCUT2D eigenvalue weighted by molar-refractivity contribution is 5.91. The summed E-state index contributed by atoms with van der Waals surface area (Å²) in [5.74, 6) is 2.59. The van der Waals surface area contributed by atoms with Crippen LogP contribution in [-0.4, -0.2) is 17.9 Å². The largest absolute Gasteiger partial charge is 0.462 e. The molecule has 23 heavy (non-hydrogen) atoms. The molecule has 3 heteroatoms. The molecule has 0 saturated heterocycles. The van der Waals surface area contributed by atoms with E-state index in [1.54, 1.807) is 0 Å². The Kier molecular flexibility index (Phi) is 3.51. The van der Waals surface area contributed by atoms with E-state index in [9.17, 15) is 9.59 Å². The average molecular weight is 314 g/mol. The van der Waals surface area contributed by atoms with Gasteiger partial charge in [-0.3, -0.25) is 9.59 Å². The minimum atomic E-state index is -0.144. The van der Waals surface area contributed by atoms with E-state index in [1.807, 2.05) is 6.08 Å². The van der Waals surface area contributed by atoms with Gasteiger partial charge in [-0.25, -0.2) is 0 Å². The molecule has 0 aliphatic heterocycles. The zero-order valence-electron chi connectivity index (χ0n) is 14.1. The van der Waals surface area contributed by atoms with Crippen LogP contribution in [-0.2, 0) is 14.3 Å². The van der Waals surface area contributed by atoms with Gasteiger partial charge < -0.3 is 4.74 Å². The molecule has 2 fully saturated rings. The first-order valence-corrected chi connectivity index (χ1v) is 9.09. The third-order valence-corrected chi connectivity index (χ3v) is 7.09. The Hall–Kier alpha value is -1.38. The van der Waals surface area contributed by atoms with Crippen LogP contribution < -0.4 is 0 Å². The molecule has 0 aromatic heterocycles. The third kappa shape index (κ3) is 2.31. The summed E-state index contributed by atoms with van der Waals surface area (Å²) in [6.07, 6.45) is 12.8. The molecule has 0 aromatic rings. The van der Waals surface area contributed by atoms with E-state index in [0.717, 1.165) is 25.7 Å². The fourth-order valence-corrected chi connectivity index (χ4v) is 6.00. The molecule has 3 nitrogen and oxygen atoms in total. The fraction of sp³-hybridized carbons (Fsp3) is 0.700. The lowest BCUT2D eigenvalue weighted by molar-refractivity contribution is -0.155. The van der Waals surface area contributed by atoms with Gasteiger partial charge in [-0.15, -0.1) is 0 Å². The van der Waals surface area contributed by atoms with Crippen molar-refractivity contribution in [2.45, 2.75) is 58.5 Å². The fourth-order valence-electron chi connectivity index (χ4n) is 6.00. The molecule has 4 rings (SSSR count). The summed E-state index contributed by atoms with van der Waals surface area (Å²) < 4.78 is 5.67. The maximum absolute atomic E-state index is 11.7. The molecule has 0 aromatic carbocycles. The predicted molar refractivity (Wildman–Crippen MR) is 87.6 cm³/mol. The van der Waals surface area contributed by atoms with Crippen molar-refractivity contribution < 1.29 is 14.3 Å². The number of carbonyl (C=O) groups excluding carboxylic acids is 2. The smallest absolute Gasteiger partial charge is 0.302 e. The Morgan fingerprint density at radius 3 is 2.87 bits per heavy atom. The Morgan fingerprint density at radius 2 is 2.09 bits per heavy atom. The topological polar surface area (TPSA) is 43.4 Å². The molecule has 4 aliphatic carbocycles. The van der Waals surface area contributed by atoms with E-state index in [1.165, 1.54) is 18.9 Å². The van der Waals surface area contributed by atoms with Gasteiger partial charge in [0.2, 0.25) is 0 Å².